The Morgan fingerprint density at radius 2 is 1.56 bits per heavy atom. The zero-order valence-electron chi connectivity index (χ0n) is 14.9. The molecule has 10 heteroatoms. The maximum Gasteiger partial charge on any atom is 0.322 e. The number of amides is 3. The highest BCUT2D eigenvalue weighted by atomic mass is 16.4. The number of hydrogen-bond donors (Lipinski definition) is 6. The van der Waals surface area contributed by atoms with Crippen LogP contribution < -0.4 is 21.7 Å². The molecule has 3 amide bonds. The Morgan fingerprint density at radius 3 is 2.00 bits per heavy atom. The van der Waals surface area contributed by atoms with Gasteiger partial charge in [-0.25, -0.2) is 0 Å². The summed E-state index contributed by atoms with van der Waals surface area (Å²) in [6.45, 7) is 5.73. The number of rotatable bonds is 10. The van der Waals surface area contributed by atoms with Gasteiger partial charge >= 0.3 is 5.97 Å². The lowest BCUT2D eigenvalue weighted by atomic mass is 9.99. The molecule has 0 heterocycles. The number of carbonyl (C=O) groups excluding carboxylic acids is 3. The van der Waals surface area contributed by atoms with Crippen molar-refractivity contribution in [3.8, 4) is 0 Å². The van der Waals surface area contributed by atoms with E-state index in [1.807, 2.05) is 13.8 Å². The number of aliphatic hydroxyl groups excluding tert-OH is 1. The van der Waals surface area contributed by atoms with Gasteiger partial charge in [0.2, 0.25) is 17.7 Å². The van der Waals surface area contributed by atoms with Crippen LogP contribution in [0.15, 0.2) is 0 Å². The number of carboxylic acids is 1. The van der Waals surface area contributed by atoms with Crippen LogP contribution in [-0.2, 0) is 19.2 Å². The highest BCUT2D eigenvalue weighted by molar-refractivity contribution is 5.93. The third-order valence-corrected chi connectivity index (χ3v) is 3.79. The van der Waals surface area contributed by atoms with Crippen LogP contribution in [0.25, 0.3) is 0 Å². The lowest BCUT2D eigenvalue weighted by Gasteiger charge is -2.24. The van der Waals surface area contributed by atoms with E-state index in [9.17, 15) is 24.3 Å². The molecule has 10 nitrogen and oxygen atoms in total. The van der Waals surface area contributed by atoms with E-state index in [-0.39, 0.29) is 5.92 Å². The van der Waals surface area contributed by atoms with E-state index in [4.69, 9.17) is 10.8 Å². The summed E-state index contributed by atoms with van der Waals surface area (Å²) in [4.78, 5) is 46.4. The monoisotopic (exact) mass is 360 g/mol. The minimum absolute atomic E-state index is 0.0673. The Labute approximate surface area is 146 Å². The molecule has 0 aromatic heterocycles. The molecule has 0 aliphatic rings. The molecular weight excluding hydrogens is 332 g/mol. The van der Waals surface area contributed by atoms with Gasteiger partial charge in [0.25, 0.3) is 0 Å². The van der Waals surface area contributed by atoms with Crippen molar-refractivity contribution in [1.82, 2.24) is 16.0 Å². The van der Waals surface area contributed by atoms with E-state index in [1.165, 1.54) is 13.8 Å². The largest absolute Gasteiger partial charge is 0.480 e. The van der Waals surface area contributed by atoms with Gasteiger partial charge in [-0.2, -0.15) is 0 Å². The second-order valence-electron chi connectivity index (χ2n) is 5.98. The Morgan fingerprint density at radius 1 is 1.00 bits per heavy atom. The summed E-state index contributed by atoms with van der Waals surface area (Å²) in [6, 6.07) is -3.11. The summed E-state index contributed by atoms with van der Waals surface area (Å²) in [5, 5.41) is 25.0. The first-order chi connectivity index (χ1) is 11.5. The second kappa shape index (κ2) is 10.6. The molecule has 0 aromatic carbocycles. The molecule has 144 valence electrons. The Hall–Kier alpha value is -2.20. The molecule has 0 saturated carbocycles. The van der Waals surface area contributed by atoms with Crippen LogP contribution in [0.3, 0.4) is 0 Å². The Bertz CT molecular complexity index is 496. The van der Waals surface area contributed by atoms with Crippen molar-refractivity contribution in [2.75, 3.05) is 6.54 Å². The molecule has 0 bridgehead atoms. The molecule has 5 unspecified atom stereocenters. The van der Waals surface area contributed by atoms with Crippen LogP contribution in [0.1, 0.15) is 34.1 Å². The second-order valence-corrected chi connectivity index (χ2v) is 5.98. The Balaban J connectivity index is 4.76. The third-order valence-electron chi connectivity index (χ3n) is 3.79. The number of nitrogens with one attached hydrogen (secondary N) is 3. The molecule has 0 radical (unpaired) electrons. The molecule has 0 spiro atoms. The smallest absolute Gasteiger partial charge is 0.322 e. The van der Waals surface area contributed by atoms with Crippen molar-refractivity contribution in [1.29, 1.82) is 0 Å². The lowest BCUT2D eigenvalue weighted by Crippen LogP contribution is -2.58. The standard InChI is InChI=1S/C15H28N4O6/c1-5-7(2)11(16)14(24)18-8(3)13(23)19-12(9(4)20)15(25)17-6-10(21)22/h7-9,11-12,20H,5-6,16H2,1-4H3,(H,17,25)(H,18,24)(H,19,23)(H,21,22). The molecule has 0 fully saturated rings. The molecule has 7 N–H and O–H groups in total. The number of aliphatic carboxylic acids is 1. The SMILES string of the molecule is CCC(C)C(N)C(=O)NC(C)C(=O)NC(C(=O)NCC(=O)O)C(C)O. The number of carbonyl (C=O) groups is 4. The van der Waals surface area contributed by atoms with Gasteiger partial charge in [-0.3, -0.25) is 19.2 Å². The van der Waals surface area contributed by atoms with Crippen LogP contribution in [-0.4, -0.2) is 64.7 Å². The van der Waals surface area contributed by atoms with Gasteiger partial charge in [-0.15, -0.1) is 0 Å². The van der Waals surface area contributed by atoms with Gasteiger partial charge in [0.05, 0.1) is 12.1 Å². The zero-order valence-corrected chi connectivity index (χ0v) is 14.9. The molecule has 0 aromatic rings. The minimum Gasteiger partial charge on any atom is -0.480 e. The summed E-state index contributed by atoms with van der Waals surface area (Å²) in [6.07, 6.45) is -0.564. The quantitative estimate of drug-likeness (QED) is 0.260. The molecule has 0 aliphatic heterocycles. The van der Waals surface area contributed by atoms with Crippen molar-refractivity contribution in [3.63, 3.8) is 0 Å². The van der Waals surface area contributed by atoms with Crippen LogP contribution >= 0.6 is 0 Å². The normalized spacial score (nSPS) is 16.7. The first-order valence-corrected chi connectivity index (χ1v) is 8.05. The number of carboxylic acid groups (broad SMARTS) is 1. The number of aliphatic hydroxyl groups is 1. The fraction of sp³-hybridized carbons (Fsp3) is 0.733. The molecule has 25 heavy (non-hydrogen) atoms. The van der Waals surface area contributed by atoms with Gasteiger partial charge in [0.15, 0.2) is 0 Å². The molecule has 0 aliphatic carbocycles. The highest BCUT2D eigenvalue weighted by Crippen LogP contribution is 2.05. The topological polar surface area (TPSA) is 171 Å². The molecular formula is C15H28N4O6. The fourth-order valence-corrected chi connectivity index (χ4v) is 1.84. The van der Waals surface area contributed by atoms with Crippen LogP contribution in [0.2, 0.25) is 0 Å². The van der Waals surface area contributed by atoms with E-state index in [0.29, 0.717) is 6.42 Å². The van der Waals surface area contributed by atoms with Gasteiger partial charge < -0.3 is 31.9 Å². The first kappa shape index (κ1) is 22.8. The van der Waals surface area contributed by atoms with Crippen LogP contribution in [0.5, 0.6) is 0 Å². The third kappa shape index (κ3) is 7.94. The fourth-order valence-electron chi connectivity index (χ4n) is 1.84. The molecule has 5 atom stereocenters. The maximum absolute atomic E-state index is 12.1. The van der Waals surface area contributed by atoms with Gasteiger partial charge in [-0.05, 0) is 19.8 Å². The van der Waals surface area contributed by atoms with Crippen LogP contribution in [0, 0.1) is 5.92 Å². The first-order valence-electron chi connectivity index (χ1n) is 8.05. The number of nitrogens with two attached hydrogens (primary N) is 1. The van der Waals surface area contributed by atoms with E-state index in [1.54, 1.807) is 0 Å². The van der Waals surface area contributed by atoms with Crippen molar-refractivity contribution in [2.24, 2.45) is 11.7 Å². The maximum atomic E-state index is 12.1. The van der Waals surface area contributed by atoms with Crippen LogP contribution in [0.4, 0.5) is 0 Å². The van der Waals surface area contributed by atoms with Crippen molar-refractivity contribution < 1.29 is 29.4 Å². The van der Waals surface area contributed by atoms with Crippen molar-refractivity contribution in [2.45, 2.75) is 58.3 Å². The summed E-state index contributed by atoms with van der Waals surface area (Å²) in [5.41, 5.74) is 5.78. The van der Waals surface area contributed by atoms with E-state index in [2.05, 4.69) is 16.0 Å². The van der Waals surface area contributed by atoms with Gasteiger partial charge in [0, 0.05) is 0 Å². The highest BCUT2D eigenvalue weighted by Gasteiger charge is 2.29. The summed E-state index contributed by atoms with van der Waals surface area (Å²) in [5.74, 6) is -3.38. The average Bonchev–Trinajstić information content (AvgIpc) is 2.54. The zero-order chi connectivity index (χ0) is 19.7. The van der Waals surface area contributed by atoms with E-state index >= 15 is 0 Å². The predicted molar refractivity (Wildman–Crippen MR) is 89.3 cm³/mol. The summed E-state index contributed by atoms with van der Waals surface area (Å²) < 4.78 is 0. The van der Waals surface area contributed by atoms with Crippen molar-refractivity contribution >= 4 is 23.7 Å². The average molecular weight is 360 g/mol. The van der Waals surface area contributed by atoms with E-state index in [0.717, 1.165) is 0 Å². The minimum atomic E-state index is -1.35. The molecule has 0 saturated heterocycles. The number of hydrogen-bond acceptors (Lipinski definition) is 6. The van der Waals surface area contributed by atoms with Gasteiger partial charge in [0.1, 0.15) is 18.6 Å². The van der Waals surface area contributed by atoms with E-state index < -0.39 is 54.5 Å². The Kier molecular flexibility index (Phi) is 9.69. The van der Waals surface area contributed by atoms with Crippen molar-refractivity contribution in [3.05, 3.63) is 0 Å². The van der Waals surface area contributed by atoms with Gasteiger partial charge in [-0.1, -0.05) is 20.3 Å². The summed E-state index contributed by atoms with van der Waals surface area (Å²) >= 11 is 0. The summed E-state index contributed by atoms with van der Waals surface area (Å²) in [7, 11) is 0. The molecule has 0 rings (SSSR count). The lowest BCUT2D eigenvalue weighted by molar-refractivity contribution is -0.139. The predicted octanol–water partition coefficient (Wildman–Crippen LogP) is -2.07.